The average molecular weight is 524 g/mol. The number of phenols is 1. The third-order valence-electron chi connectivity index (χ3n) is 8.31. The Kier molecular flexibility index (Phi) is 7.51. The fraction of sp³-hybridized carbons (Fsp3) is 0.452. The van der Waals surface area contributed by atoms with Crippen molar-refractivity contribution in [2.75, 3.05) is 48.3 Å². The number of piperazine rings is 1. The van der Waals surface area contributed by atoms with Crippen molar-refractivity contribution in [2.45, 2.75) is 57.0 Å². The number of aromatic hydroxyl groups is 1. The molecule has 0 aliphatic carbocycles. The standard InChI is InChI=1S/C31H37N7O/c32-31-29(20-28(34-35-31)27-10-3-4-11-30(27)39)37-21-25-12-13-26(22-37)38(25)24-14-15-33-23(19-24)9-5-8-18-36-16-6-1-2-7-17-36/h3-4,10-11,14-15,19-20,25-26,39H,1-2,6-8,12-13,16-18,21-22H2,(H2,32,35). The summed E-state index contributed by atoms with van der Waals surface area (Å²) < 4.78 is 0. The maximum atomic E-state index is 10.3. The Morgan fingerprint density at radius 1 is 0.949 bits per heavy atom. The lowest BCUT2D eigenvalue weighted by Gasteiger charge is -2.43. The van der Waals surface area contributed by atoms with Crippen LogP contribution in [-0.4, -0.2) is 70.0 Å². The first-order chi connectivity index (χ1) is 19.2. The van der Waals surface area contributed by atoms with E-state index in [4.69, 9.17) is 5.73 Å². The van der Waals surface area contributed by atoms with E-state index in [1.165, 1.54) is 44.5 Å². The molecule has 0 amide bonds. The van der Waals surface area contributed by atoms with E-state index in [0.29, 0.717) is 29.2 Å². The summed E-state index contributed by atoms with van der Waals surface area (Å²) in [6.07, 6.45) is 10.4. The van der Waals surface area contributed by atoms with Crippen molar-refractivity contribution in [1.82, 2.24) is 20.1 Å². The molecular formula is C31H37N7O. The van der Waals surface area contributed by atoms with E-state index < -0.39 is 0 Å². The molecule has 0 saturated carbocycles. The van der Waals surface area contributed by atoms with Gasteiger partial charge < -0.3 is 25.5 Å². The van der Waals surface area contributed by atoms with Crippen LogP contribution in [0, 0.1) is 11.8 Å². The Morgan fingerprint density at radius 3 is 2.49 bits per heavy atom. The van der Waals surface area contributed by atoms with Gasteiger partial charge >= 0.3 is 0 Å². The highest BCUT2D eigenvalue weighted by Gasteiger charge is 2.40. The number of nitrogens with two attached hydrogens (primary N) is 1. The summed E-state index contributed by atoms with van der Waals surface area (Å²) in [5, 5.41) is 18.8. The van der Waals surface area contributed by atoms with Gasteiger partial charge in [-0.15, -0.1) is 10.2 Å². The van der Waals surface area contributed by atoms with Crippen molar-refractivity contribution in [3.05, 3.63) is 54.4 Å². The predicted molar refractivity (Wildman–Crippen MR) is 156 cm³/mol. The zero-order valence-electron chi connectivity index (χ0n) is 22.5. The summed E-state index contributed by atoms with van der Waals surface area (Å²) in [5.41, 5.74) is 10.5. The van der Waals surface area contributed by atoms with E-state index in [9.17, 15) is 5.11 Å². The number of para-hydroxylation sites is 1. The Labute approximate surface area is 230 Å². The Bertz CT molecular complexity index is 1340. The maximum absolute atomic E-state index is 10.3. The number of likely N-dealkylation sites (tertiary alicyclic amines) is 1. The van der Waals surface area contributed by atoms with Gasteiger partial charge in [-0.05, 0) is 75.0 Å². The fourth-order valence-corrected chi connectivity index (χ4v) is 6.36. The molecule has 3 fully saturated rings. The molecule has 8 nitrogen and oxygen atoms in total. The second-order valence-electron chi connectivity index (χ2n) is 10.9. The topological polar surface area (TPSA) is 94.6 Å². The van der Waals surface area contributed by atoms with Crippen LogP contribution in [0.2, 0.25) is 0 Å². The fourth-order valence-electron chi connectivity index (χ4n) is 6.36. The van der Waals surface area contributed by atoms with E-state index in [1.807, 2.05) is 24.4 Å². The summed E-state index contributed by atoms with van der Waals surface area (Å²) in [7, 11) is 0. The van der Waals surface area contributed by atoms with Gasteiger partial charge in [0.2, 0.25) is 0 Å². The van der Waals surface area contributed by atoms with Crippen LogP contribution in [0.1, 0.15) is 50.6 Å². The Morgan fingerprint density at radius 2 is 1.72 bits per heavy atom. The van der Waals surface area contributed by atoms with Crippen molar-refractivity contribution in [3.8, 4) is 28.8 Å². The number of pyridine rings is 1. The number of fused-ring (bicyclic) bond motifs is 2. The molecule has 0 spiro atoms. The Hall–Kier alpha value is -3.83. The normalized spacial score (nSPS) is 21.3. The van der Waals surface area contributed by atoms with Crippen LogP contribution < -0.4 is 15.5 Å². The van der Waals surface area contributed by atoms with E-state index in [2.05, 4.69) is 53.9 Å². The SMILES string of the molecule is Nc1nnc(-c2ccccc2O)cc1N1CC2CCC(C1)N2c1ccnc(C#CCCN2CCCCCC2)c1. The van der Waals surface area contributed by atoms with Gasteiger partial charge in [-0.2, -0.15) is 0 Å². The van der Waals surface area contributed by atoms with E-state index >= 15 is 0 Å². The molecule has 3 saturated heterocycles. The minimum absolute atomic E-state index is 0.186. The molecular weight excluding hydrogens is 486 g/mol. The zero-order chi connectivity index (χ0) is 26.6. The highest BCUT2D eigenvalue weighted by molar-refractivity contribution is 5.74. The van der Waals surface area contributed by atoms with Gasteiger partial charge in [0.25, 0.3) is 0 Å². The molecule has 202 valence electrons. The van der Waals surface area contributed by atoms with Gasteiger partial charge in [0.15, 0.2) is 5.82 Å². The van der Waals surface area contributed by atoms with E-state index in [1.54, 1.807) is 12.1 Å². The molecule has 5 heterocycles. The van der Waals surface area contributed by atoms with Crippen LogP contribution in [-0.2, 0) is 0 Å². The molecule has 3 aliphatic rings. The van der Waals surface area contributed by atoms with E-state index in [-0.39, 0.29) is 5.75 Å². The smallest absolute Gasteiger partial charge is 0.169 e. The number of hydrogen-bond acceptors (Lipinski definition) is 8. The average Bonchev–Trinajstić information content (AvgIpc) is 3.11. The molecule has 3 aliphatic heterocycles. The molecule has 0 radical (unpaired) electrons. The van der Waals surface area contributed by atoms with Gasteiger partial charge in [0.1, 0.15) is 11.4 Å². The number of nitrogens with zero attached hydrogens (tertiary/aromatic N) is 6. The number of rotatable bonds is 5. The molecule has 39 heavy (non-hydrogen) atoms. The first-order valence-corrected chi connectivity index (χ1v) is 14.3. The molecule has 3 N–H and O–H groups in total. The number of hydrogen-bond donors (Lipinski definition) is 2. The zero-order valence-corrected chi connectivity index (χ0v) is 22.5. The van der Waals surface area contributed by atoms with Crippen LogP contribution in [0.4, 0.5) is 17.2 Å². The first kappa shape index (κ1) is 25.4. The predicted octanol–water partition coefficient (Wildman–Crippen LogP) is 4.30. The summed E-state index contributed by atoms with van der Waals surface area (Å²) in [6.45, 7) is 5.18. The largest absolute Gasteiger partial charge is 0.507 e. The summed E-state index contributed by atoms with van der Waals surface area (Å²) in [4.78, 5) is 12.0. The van der Waals surface area contributed by atoms with Gasteiger partial charge in [-0.1, -0.05) is 30.9 Å². The monoisotopic (exact) mass is 523 g/mol. The third-order valence-corrected chi connectivity index (χ3v) is 8.31. The lowest BCUT2D eigenvalue weighted by Crippen LogP contribution is -2.54. The van der Waals surface area contributed by atoms with Crippen molar-refractivity contribution >= 4 is 17.2 Å². The lowest BCUT2D eigenvalue weighted by atomic mass is 10.1. The van der Waals surface area contributed by atoms with Crippen molar-refractivity contribution in [3.63, 3.8) is 0 Å². The summed E-state index contributed by atoms with van der Waals surface area (Å²) in [5.74, 6) is 7.30. The van der Waals surface area contributed by atoms with Crippen LogP contribution in [0.25, 0.3) is 11.3 Å². The number of nitrogen functional groups attached to an aromatic ring is 1. The number of phenolic OH excluding ortho intramolecular Hbond substituents is 1. The summed E-state index contributed by atoms with van der Waals surface area (Å²) >= 11 is 0. The second-order valence-corrected chi connectivity index (χ2v) is 10.9. The Balaban J connectivity index is 1.14. The van der Waals surface area contributed by atoms with Crippen LogP contribution in [0.15, 0.2) is 48.7 Å². The van der Waals surface area contributed by atoms with Crippen LogP contribution in [0.3, 0.4) is 0 Å². The van der Waals surface area contributed by atoms with Crippen LogP contribution in [0.5, 0.6) is 5.75 Å². The summed E-state index contributed by atoms with van der Waals surface area (Å²) in [6, 6.07) is 14.2. The molecule has 2 aromatic heterocycles. The molecule has 8 heteroatoms. The third kappa shape index (κ3) is 5.64. The quantitative estimate of drug-likeness (QED) is 0.478. The lowest BCUT2D eigenvalue weighted by molar-refractivity contribution is 0.292. The number of aromatic nitrogens is 3. The highest BCUT2D eigenvalue weighted by atomic mass is 16.3. The van der Waals surface area contributed by atoms with E-state index in [0.717, 1.165) is 50.3 Å². The highest BCUT2D eigenvalue weighted by Crippen LogP contribution is 2.39. The van der Waals surface area contributed by atoms with Crippen molar-refractivity contribution < 1.29 is 5.11 Å². The molecule has 1 aromatic carbocycles. The molecule has 2 unspecified atom stereocenters. The van der Waals surface area contributed by atoms with Gasteiger partial charge in [0.05, 0.1) is 11.4 Å². The van der Waals surface area contributed by atoms with Gasteiger partial charge in [0, 0.05) is 55.6 Å². The first-order valence-electron chi connectivity index (χ1n) is 14.3. The van der Waals surface area contributed by atoms with Crippen LogP contribution >= 0.6 is 0 Å². The minimum atomic E-state index is 0.186. The minimum Gasteiger partial charge on any atom is -0.507 e. The number of benzene rings is 1. The van der Waals surface area contributed by atoms with Gasteiger partial charge in [-0.3, -0.25) is 0 Å². The molecule has 3 aromatic rings. The second kappa shape index (κ2) is 11.5. The molecule has 2 atom stereocenters. The van der Waals surface area contributed by atoms with Crippen molar-refractivity contribution in [2.24, 2.45) is 0 Å². The van der Waals surface area contributed by atoms with Crippen molar-refractivity contribution in [1.29, 1.82) is 0 Å². The number of anilines is 3. The maximum Gasteiger partial charge on any atom is 0.169 e. The van der Waals surface area contributed by atoms with Gasteiger partial charge in [-0.25, -0.2) is 4.98 Å². The molecule has 2 bridgehead atoms. The molecule has 6 rings (SSSR count).